The molecule has 0 bridgehead atoms. The first-order valence-corrected chi connectivity index (χ1v) is 7.05. The predicted molar refractivity (Wildman–Crippen MR) is 74.9 cm³/mol. The molecule has 2 heterocycles. The van der Waals surface area contributed by atoms with Gasteiger partial charge in [-0.3, -0.25) is 0 Å². The molecule has 1 aromatic rings. The molecule has 1 atom stereocenters. The van der Waals surface area contributed by atoms with Crippen LogP contribution in [0.25, 0.3) is 0 Å². The van der Waals surface area contributed by atoms with Gasteiger partial charge in [0.2, 0.25) is 5.95 Å². The van der Waals surface area contributed by atoms with Gasteiger partial charge < -0.3 is 10.2 Å². The van der Waals surface area contributed by atoms with Crippen LogP contribution in [0, 0.1) is 0 Å². The number of rotatable bonds is 6. The Morgan fingerprint density at radius 3 is 2.78 bits per heavy atom. The van der Waals surface area contributed by atoms with Crippen LogP contribution in [-0.4, -0.2) is 36.1 Å². The van der Waals surface area contributed by atoms with Crippen molar-refractivity contribution in [2.45, 2.75) is 45.1 Å². The van der Waals surface area contributed by atoms with E-state index in [1.165, 1.54) is 31.4 Å². The van der Waals surface area contributed by atoms with Crippen LogP contribution in [0.3, 0.4) is 0 Å². The van der Waals surface area contributed by atoms with Gasteiger partial charge in [0.05, 0.1) is 0 Å². The molecule has 4 nitrogen and oxygen atoms in total. The fraction of sp³-hybridized carbons (Fsp3) is 0.714. The lowest BCUT2D eigenvalue weighted by atomic mass is 10.1. The monoisotopic (exact) mass is 248 g/mol. The third-order valence-electron chi connectivity index (χ3n) is 3.55. The molecular weight excluding hydrogens is 224 g/mol. The highest BCUT2D eigenvalue weighted by atomic mass is 15.2. The summed E-state index contributed by atoms with van der Waals surface area (Å²) >= 11 is 0. The van der Waals surface area contributed by atoms with Gasteiger partial charge in [0.1, 0.15) is 0 Å². The van der Waals surface area contributed by atoms with E-state index >= 15 is 0 Å². The summed E-state index contributed by atoms with van der Waals surface area (Å²) in [4.78, 5) is 11.0. The van der Waals surface area contributed by atoms with Crippen LogP contribution < -0.4 is 10.2 Å². The van der Waals surface area contributed by atoms with Crippen molar-refractivity contribution in [1.29, 1.82) is 0 Å². The molecule has 1 fully saturated rings. The van der Waals surface area contributed by atoms with E-state index in [0.717, 1.165) is 25.3 Å². The molecule has 1 unspecified atom stereocenters. The molecule has 18 heavy (non-hydrogen) atoms. The molecule has 1 aliphatic heterocycles. The molecular formula is C14H24N4. The van der Waals surface area contributed by atoms with Crippen molar-refractivity contribution >= 4 is 5.95 Å². The van der Waals surface area contributed by atoms with Gasteiger partial charge in [-0.05, 0) is 37.8 Å². The lowest BCUT2D eigenvalue weighted by Gasteiger charge is -2.19. The summed E-state index contributed by atoms with van der Waals surface area (Å²) in [7, 11) is 2.07. The van der Waals surface area contributed by atoms with Gasteiger partial charge in [-0.25, -0.2) is 9.97 Å². The Morgan fingerprint density at radius 2 is 2.17 bits per heavy atom. The molecule has 0 radical (unpaired) electrons. The summed E-state index contributed by atoms with van der Waals surface area (Å²) in [5.41, 5.74) is 1.23. The lowest BCUT2D eigenvalue weighted by molar-refractivity contribution is 0.556. The van der Waals surface area contributed by atoms with Crippen LogP contribution >= 0.6 is 0 Å². The van der Waals surface area contributed by atoms with Crippen molar-refractivity contribution in [3.8, 4) is 0 Å². The van der Waals surface area contributed by atoms with E-state index in [4.69, 9.17) is 0 Å². The quantitative estimate of drug-likeness (QED) is 0.836. The molecule has 1 saturated heterocycles. The van der Waals surface area contributed by atoms with Crippen LogP contribution in [0.2, 0.25) is 0 Å². The molecule has 0 saturated carbocycles. The van der Waals surface area contributed by atoms with Crippen LogP contribution in [0.15, 0.2) is 12.4 Å². The first-order chi connectivity index (χ1) is 8.79. The van der Waals surface area contributed by atoms with E-state index < -0.39 is 0 Å². The maximum absolute atomic E-state index is 4.44. The zero-order chi connectivity index (χ0) is 12.8. The van der Waals surface area contributed by atoms with E-state index in [0.29, 0.717) is 6.04 Å². The Kier molecular flexibility index (Phi) is 4.93. The summed E-state index contributed by atoms with van der Waals surface area (Å²) in [6, 6.07) is 0.687. The largest absolute Gasteiger partial charge is 0.344 e. The first kappa shape index (κ1) is 13.3. The van der Waals surface area contributed by atoms with E-state index in [1.54, 1.807) is 0 Å². The number of hydrogen-bond donors (Lipinski definition) is 1. The Labute approximate surface area is 110 Å². The third-order valence-corrected chi connectivity index (χ3v) is 3.55. The highest BCUT2D eigenvalue weighted by Gasteiger charge is 2.14. The molecule has 100 valence electrons. The number of nitrogens with zero attached hydrogens (tertiary/aromatic N) is 3. The van der Waals surface area contributed by atoms with E-state index in [2.05, 4.69) is 34.2 Å². The summed E-state index contributed by atoms with van der Waals surface area (Å²) in [5, 5.41) is 3.52. The van der Waals surface area contributed by atoms with Crippen molar-refractivity contribution in [3.05, 3.63) is 18.0 Å². The topological polar surface area (TPSA) is 41.1 Å². The van der Waals surface area contributed by atoms with Crippen LogP contribution in [0.1, 0.15) is 38.2 Å². The lowest BCUT2D eigenvalue weighted by Crippen LogP contribution is -2.29. The number of aromatic nitrogens is 2. The number of nitrogens with one attached hydrogen (secondary N) is 1. The Morgan fingerprint density at radius 1 is 1.39 bits per heavy atom. The maximum atomic E-state index is 4.44. The Hall–Kier alpha value is -1.16. The standard InChI is InChI=1S/C14H24N4/c1-3-5-12-10-16-14(17-11-12)18(2)9-7-13-6-4-8-15-13/h10-11,13,15H,3-9H2,1-2H3. The Bertz CT molecular complexity index is 343. The van der Waals surface area contributed by atoms with Crippen LogP contribution in [0.5, 0.6) is 0 Å². The average Bonchev–Trinajstić information content (AvgIpc) is 2.90. The fourth-order valence-corrected chi connectivity index (χ4v) is 2.42. The third kappa shape index (κ3) is 3.67. The molecule has 1 aromatic heterocycles. The summed E-state index contributed by atoms with van der Waals surface area (Å²) < 4.78 is 0. The summed E-state index contributed by atoms with van der Waals surface area (Å²) in [6.45, 7) is 4.37. The SMILES string of the molecule is CCCc1cnc(N(C)CCC2CCCN2)nc1. The van der Waals surface area contributed by atoms with Crippen molar-refractivity contribution in [2.24, 2.45) is 0 Å². The molecule has 1 aliphatic rings. The van der Waals surface area contributed by atoms with Gasteiger partial charge in [0, 0.05) is 32.0 Å². The van der Waals surface area contributed by atoms with Gasteiger partial charge in [-0.2, -0.15) is 0 Å². The van der Waals surface area contributed by atoms with Gasteiger partial charge in [0.25, 0.3) is 0 Å². The van der Waals surface area contributed by atoms with E-state index in [-0.39, 0.29) is 0 Å². The number of hydrogen-bond acceptors (Lipinski definition) is 4. The van der Waals surface area contributed by atoms with E-state index in [1.807, 2.05) is 12.4 Å². The number of aryl methyl sites for hydroxylation is 1. The molecule has 2 rings (SSSR count). The van der Waals surface area contributed by atoms with Crippen molar-refractivity contribution in [2.75, 3.05) is 25.0 Å². The normalized spacial score (nSPS) is 19.1. The number of anilines is 1. The summed E-state index contributed by atoms with van der Waals surface area (Å²) in [6.07, 6.45) is 9.92. The minimum Gasteiger partial charge on any atom is -0.344 e. The van der Waals surface area contributed by atoms with Gasteiger partial charge in [0.15, 0.2) is 0 Å². The molecule has 4 heteroatoms. The highest BCUT2D eigenvalue weighted by molar-refractivity contribution is 5.28. The molecule has 0 aromatic carbocycles. The second-order valence-electron chi connectivity index (χ2n) is 5.14. The summed E-state index contributed by atoms with van der Waals surface area (Å²) in [5.74, 6) is 0.841. The minimum absolute atomic E-state index is 0.687. The average molecular weight is 248 g/mol. The van der Waals surface area contributed by atoms with Crippen LogP contribution in [0.4, 0.5) is 5.95 Å². The zero-order valence-electron chi connectivity index (χ0n) is 11.5. The van der Waals surface area contributed by atoms with Crippen LogP contribution in [-0.2, 0) is 6.42 Å². The second-order valence-corrected chi connectivity index (χ2v) is 5.14. The van der Waals surface area contributed by atoms with Crippen molar-refractivity contribution < 1.29 is 0 Å². The fourth-order valence-electron chi connectivity index (χ4n) is 2.42. The minimum atomic E-state index is 0.687. The van der Waals surface area contributed by atoms with Crippen molar-refractivity contribution in [1.82, 2.24) is 15.3 Å². The maximum Gasteiger partial charge on any atom is 0.224 e. The second kappa shape index (κ2) is 6.69. The molecule has 0 aliphatic carbocycles. The molecule has 0 spiro atoms. The van der Waals surface area contributed by atoms with Gasteiger partial charge in [-0.15, -0.1) is 0 Å². The predicted octanol–water partition coefficient (Wildman–Crippen LogP) is 2.01. The van der Waals surface area contributed by atoms with Gasteiger partial charge in [-0.1, -0.05) is 13.3 Å². The zero-order valence-corrected chi connectivity index (χ0v) is 11.5. The molecule has 0 amide bonds. The molecule has 1 N–H and O–H groups in total. The smallest absolute Gasteiger partial charge is 0.224 e. The Balaban J connectivity index is 1.81. The van der Waals surface area contributed by atoms with Crippen molar-refractivity contribution in [3.63, 3.8) is 0 Å². The highest BCUT2D eigenvalue weighted by Crippen LogP contribution is 2.12. The van der Waals surface area contributed by atoms with E-state index in [9.17, 15) is 0 Å². The first-order valence-electron chi connectivity index (χ1n) is 7.05. The van der Waals surface area contributed by atoms with Gasteiger partial charge >= 0.3 is 0 Å².